The zero-order chi connectivity index (χ0) is 21.5. The van der Waals surface area contributed by atoms with Crippen molar-refractivity contribution in [1.82, 2.24) is 24.5 Å². The highest BCUT2D eigenvalue weighted by atomic mass is 16.5. The standard InChI is InChI=1S/C22H26N6O3/c1-3-15-10-14(2)19(18(29)11-15)17-4-5-28-21(23-17)24-22(25-28)27-8-6-26(7-9-27)20(30)16-12-31-13-16/h4-5,10-11,16,29H,3,6-9,12-13H2,1-2H3. The van der Waals surface area contributed by atoms with Crippen LogP contribution in [0, 0.1) is 12.8 Å². The Hall–Kier alpha value is -3.20. The van der Waals surface area contributed by atoms with Gasteiger partial charge >= 0.3 is 0 Å². The number of phenols is 1. The Morgan fingerprint density at radius 1 is 1.19 bits per heavy atom. The first-order chi connectivity index (χ1) is 15.0. The maximum Gasteiger partial charge on any atom is 0.254 e. The molecule has 3 aromatic rings. The molecule has 0 spiro atoms. The third-order valence-electron chi connectivity index (χ3n) is 6.10. The van der Waals surface area contributed by atoms with Gasteiger partial charge in [0.1, 0.15) is 5.75 Å². The van der Waals surface area contributed by atoms with Gasteiger partial charge in [0.25, 0.3) is 5.78 Å². The Balaban J connectivity index is 1.35. The van der Waals surface area contributed by atoms with Gasteiger partial charge in [-0.05, 0) is 36.6 Å². The molecule has 0 unspecified atom stereocenters. The number of carbonyl (C=O) groups excluding carboxylic acids is 1. The van der Waals surface area contributed by atoms with Crippen LogP contribution in [-0.4, -0.2) is 74.9 Å². The zero-order valence-electron chi connectivity index (χ0n) is 17.8. The molecule has 2 aromatic heterocycles. The van der Waals surface area contributed by atoms with Gasteiger partial charge in [-0.2, -0.15) is 4.98 Å². The summed E-state index contributed by atoms with van der Waals surface area (Å²) < 4.78 is 6.78. The molecule has 0 saturated carbocycles. The van der Waals surface area contributed by atoms with E-state index in [0.29, 0.717) is 56.8 Å². The quantitative estimate of drug-likeness (QED) is 0.683. The fourth-order valence-electron chi connectivity index (χ4n) is 4.18. The van der Waals surface area contributed by atoms with Crippen LogP contribution < -0.4 is 4.90 Å². The predicted octanol–water partition coefficient (Wildman–Crippen LogP) is 1.66. The van der Waals surface area contributed by atoms with Crippen LogP contribution in [0.2, 0.25) is 0 Å². The summed E-state index contributed by atoms with van der Waals surface area (Å²) in [4.78, 5) is 25.6. The van der Waals surface area contributed by atoms with Gasteiger partial charge in [0.05, 0.1) is 24.8 Å². The number of ether oxygens (including phenoxy) is 1. The van der Waals surface area contributed by atoms with Crippen molar-refractivity contribution >= 4 is 17.6 Å². The van der Waals surface area contributed by atoms with E-state index in [1.54, 1.807) is 10.6 Å². The number of nitrogens with zero attached hydrogens (tertiary/aromatic N) is 6. The van der Waals surface area contributed by atoms with Gasteiger partial charge in [-0.15, -0.1) is 5.10 Å². The highest BCUT2D eigenvalue weighted by Gasteiger charge is 2.32. The number of hydrogen-bond acceptors (Lipinski definition) is 7. The van der Waals surface area contributed by atoms with Gasteiger partial charge in [0.2, 0.25) is 11.9 Å². The Morgan fingerprint density at radius 2 is 1.97 bits per heavy atom. The lowest BCUT2D eigenvalue weighted by molar-refractivity contribution is -0.150. The number of aryl methyl sites for hydroxylation is 2. The largest absolute Gasteiger partial charge is 0.507 e. The van der Waals surface area contributed by atoms with E-state index in [4.69, 9.17) is 4.74 Å². The van der Waals surface area contributed by atoms with E-state index in [2.05, 4.69) is 33.0 Å². The number of fused-ring (bicyclic) bond motifs is 1. The number of aromatic hydroxyl groups is 1. The molecule has 2 saturated heterocycles. The van der Waals surface area contributed by atoms with Gasteiger partial charge in [-0.1, -0.05) is 13.0 Å². The van der Waals surface area contributed by atoms with Crippen LogP contribution in [0.1, 0.15) is 18.1 Å². The summed E-state index contributed by atoms with van der Waals surface area (Å²) in [6.07, 6.45) is 2.68. The van der Waals surface area contributed by atoms with Crippen molar-refractivity contribution in [2.75, 3.05) is 44.3 Å². The fourth-order valence-corrected chi connectivity index (χ4v) is 4.18. The lowest BCUT2D eigenvalue weighted by Gasteiger charge is -2.37. The molecule has 0 atom stereocenters. The third-order valence-corrected chi connectivity index (χ3v) is 6.10. The number of anilines is 1. The highest BCUT2D eigenvalue weighted by Crippen LogP contribution is 2.33. The second-order valence-electron chi connectivity index (χ2n) is 8.18. The van der Waals surface area contributed by atoms with Crippen LogP contribution in [0.5, 0.6) is 5.75 Å². The normalized spacial score (nSPS) is 17.2. The summed E-state index contributed by atoms with van der Waals surface area (Å²) in [5, 5.41) is 15.1. The van der Waals surface area contributed by atoms with Crippen molar-refractivity contribution in [3.8, 4) is 17.0 Å². The lowest BCUT2D eigenvalue weighted by atomic mass is 10.00. The first kappa shape index (κ1) is 19.7. The Bertz CT molecular complexity index is 1110. The molecular weight excluding hydrogens is 396 g/mol. The SMILES string of the molecule is CCc1cc(C)c(-c2ccn3nc(N4CCN(C(=O)C5COC5)CC4)nc3n2)c(O)c1. The van der Waals surface area contributed by atoms with E-state index in [0.717, 1.165) is 23.1 Å². The molecule has 0 radical (unpaired) electrons. The van der Waals surface area contributed by atoms with Crippen LogP contribution in [0.25, 0.3) is 17.0 Å². The number of phenolic OH excluding ortho intramolecular Hbond substituents is 1. The van der Waals surface area contributed by atoms with Gasteiger partial charge in [-0.3, -0.25) is 4.79 Å². The fraction of sp³-hybridized carbons (Fsp3) is 0.455. The Kier molecular flexibility index (Phi) is 4.97. The van der Waals surface area contributed by atoms with Crippen molar-refractivity contribution in [2.24, 2.45) is 5.92 Å². The summed E-state index contributed by atoms with van der Waals surface area (Å²) in [5.41, 5.74) is 3.46. The number of benzene rings is 1. The monoisotopic (exact) mass is 422 g/mol. The minimum Gasteiger partial charge on any atom is -0.507 e. The average molecular weight is 422 g/mol. The predicted molar refractivity (Wildman–Crippen MR) is 115 cm³/mol. The first-order valence-corrected chi connectivity index (χ1v) is 10.7. The summed E-state index contributed by atoms with van der Waals surface area (Å²) in [6, 6.07) is 5.71. The van der Waals surface area contributed by atoms with E-state index in [1.165, 1.54) is 0 Å². The van der Waals surface area contributed by atoms with Gasteiger partial charge < -0.3 is 19.6 Å². The van der Waals surface area contributed by atoms with E-state index in [1.807, 2.05) is 24.1 Å². The van der Waals surface area contributed by atoms with Crippen LogP contribution in [0.4, 0.5) is 5.95 Å². The molecule has 1 amide bonds. The van der Waals surface area contributed by atoms with Crippen LogP contribution in [0.3, 0.4) is 0 Å². The summed E-state index contributed by atoms with van der Waals surface area (Å²) in [7, 11) is 0. The minimum absolute atomic E-state index is 0.0220. The van der Waals surface area contributed by atoms with Crippen molar-refractivity contribution < 1.29 is 14.6 Å². The summed E-state index contributed by atoms with van der Waals surface area (Å²) in [5.74, 6) is 1.52. The van der Waals surface area contributed by atoms with Gasteiger partial charge in [-0.25, -0.2) is 9.50 Å². The van der Waals surface area contributed by atoms with Crippen molar-refractivity contribution in [1.29, 1.82) is 0 Å². The maximum absolute atomic E-state index is 12.4. The van der Waals surface area contributed by atoms with Crippen molar-refractivity contribution in [2.45, 2.75) is 20.3 Å². The zero-order valence-corrected chi connectivity index (χ0v) is 17.8. The molecule has 162 valence electrons. The molecule has 0 bridgehead atoms. The van der Waals surface area contributed by atoms with Crippen molar-refractivity contribution in [3.63, 3.8) is 0 Å². The topological polar surface area (TPSA) is 96.1 Å². The second kappa shape index (κ2) is 7.81. The molecule has 2 fully saturated rings. The van der Waals surface area contributed by atoms with Gasteiger partial charge in [0.15, 0.2) is 0 Å². The summed E-state index contributed by atoms with van der Waals surface area (Å²) in [6.45, 7) is 7.79. The molecule has 9 nitrogen and oxygen atoms in total. The van der Waals surface area contributed by atoms with E-state index >= 15 is 0 Å². The average Bonchev–Trinajstić information content (AvgIpc) is 3.15. The minimum atomic E-state index is 0.0220. The maximum atomic E-state index is 12.4. The summed E-state index contributed by atoms with van der Waals surface area (Å²) >= 11 is 0. The van der Waals surface area contributed by atoms with E-state index in [9.17, 15) is 9.90 Å². The molecule has 2 aliphatic rings. The number of rotatable bonds is 4. The molecule has 1 N–H and O–H groups in total. The Labute approximate surface area is 180 Å². The lowest BCUT2D eigenvalue weighted by Crippen LogP contribution is -2.53. The van der Waals surface area contributed by atoms with E-state index < -0.39 is 0 Å². The molecule has 2 aliphatic heterocycles. The molecular formula is C22H26N6O3. The molecule has 31 heavy (non-hydrogen) atoms. The second-order valence-corrected chi connectivity index (χ2v) is 8.18. The molecule has 1 aromatic carbocycles. The van der Waals surface area contributed by atoms with Crippen LogP contribution in [-0.2, 0) is 16.0 Å². The number of piperazine rings is 1. The molecule has 9 heteroatoms. The number of aromatic nitrogens is 4. The third kappa shape index (κ3) is 3.59. The van der Waals surface area contributed by atoms with Crippen LogP contribution in [0.15, 0.2) is 24.4 Å². The molecule has 0 aliphatic carbocycles. The highest BCUT2D eigenvalue weighted by molar-refractivity contribution is 5.80. The van der Waals surface area contributed by atoms with Crippen LogP contribution >= 0.6 is 0 Å². The number of amides is 1. The number of carbonyl (C=O) groups is 1. The smallest absolute Gasteiger partial charge is 0.254 e. The Morgan fingerprint density at radius 3 is 2.61 bits per heavy atom. The van der Waals surface area contributed by atoms with Crippen molar-refractivity contribution in [3.05, 3.63) is 35.5 Å². The van der Waals surface area contributed by atoms with E-state index in [-0.39, 0.29) is 17.6 Å². The first-order valence-electron chi connectivity index (χ1n) is 10.7. The number of hydrogen-bond donors (Lipinski definition) is 1. The molecule has 4 heterocycles. The van der Waals surface area contributed by atoms with Gasteiger partial charge in [0, 0.05) is 37.9 Å². The molecule has 5 rings (SSSR count).